The van der Waals surface area contributed by atoms with Gasteiger partial charge in [0.1, 0.15) is 17.8 Å². The minimum absolute atomic E-state index is 0.0792. The van der Waals surface area contributed by atoms with Crippen molar-refractivity contribution in [2.75, 3.05) is 25.1 Å². The smallest absolute Gasteiger partial charge is 0.344 e. The second kappa shape index (κ2) is 9.72. The first-order valence-electron chi connectivity index (χ1n) is 9.15. The maximum absolute atomic E-state index is 12.0. The van der Waals surface area contributed by atoms with E-state index in [2.05, 4.69) is 10.3 Å². The summed E-state index contributed by atoms with van der Waals surface area (Å²) in [4.78, 5) is 38.5. The number of nitro benzene ring substituents is 1. The number of rotatable bonds is 9. The molecule has 0 radical (unpaired) electrons. The van der Waals surface area contributed by atoms with Crippen LogP contribution in [0.4, 0.5) is 11.4 Å². The van der Waals surface area contributed by atoms with Gasteiger partial charge in [-0.05, 0) is 33.8 Å². The summed E-state index contributed by atoms with van der Waals surface area (Å²) in [7, 11) is 0. The second-order valence-electron chi connectivity index (χ2n) is 7.10. The number of aromatic nitrogens is 2. The summed E-state index contributed by atoms with van der Waals surface area (Å²) in [6.07, 6.45) is 4.59. The van der Waals surface area contributed by atoms with Crippen LogP contribution in [0.5, 0.6) is 5.75 Å². The highest BCUT2D eigenvalue weighted by atomic mass is 16.6. The molecule has 0 fully saturated rings. The van der Waals surface area contributed by atoms with E-state index < -0.39 is 29.1 Å². The molecule has 0 aliphatic rings. The van der Waals surface area contributed by atoms with Gasteiger partial charge in [-0.25, -0.2) is 9.78 Å². The number of nitrogens with zero attached hydrogens (tertiary/aromatic N) is 3. The molecule has 1 N–H and O–H groups in total. The van der Waals surface area contributed by atoms with Gasteiger partial charge in [0.25, 0.3) is 5.69 Å². The second-order valence-corrected chi connectivity index (χ2v) is 7.10. The van der Waals surface area contributed by atoms with Crippen molar-refractivity contribution in [1.29, 1.82) is 0 Å². The van der Waals surface area contributed by atoms with Crippen LogP contribution in [-0.2, 0) is 19.1 Å². The van der Waals surface area contributed by atoms with Gasteiger partial charge >= 0.3 is 11.9 Å². The molecular formula is C19H24N4O7. The predicted molar refractivity (Wildman–Crippen MR) is 107 cm³/mol. The first-order chi connectivity index (χ1) is 14.1. The Balaban J connectivity index is 2.35. The summed E-state index contributed by atoms with van der Waals surface area (Å²) < 4.78 is 17.1. The molecule has 0 spiro atoms. The van der Waals surface area contributed by atoms with Crippen LogP contribution in [0.3, 0.4) is 0 Å². The van der Waals surface area contributed by atoms with Crippen LogP contribution in [0.15, 0.2) is 30.9 Å². The average Bonchev–Trinajstić information content (AvgIpc) is 3.17. The molecule has 0 saturated heterocycles. The fourth-order valence-corrected chi connectivity index (χ4v) is 2.45. The zero-order chi connectivity index (χ0) is 22.3. The molecule has 1 heterocycles. The number of esters is 2. The summed E-state index contributed by atoms with van der Waals surface area (Å²) in [6, 6.07) is 2.61. The van der Waals surface area contributed by atoms with Crippen molar-refractivity contribution in [3.63, 3.8) is 0 Å². The summed E-state index contributed by atoms with van der Waals surface area (Å²) in [5.74, 6) is -1.09. The van der Waals surface area contributed by atoms with Crippen LogP contribution in [-0.4, -0.2) is 51.8 Å². The highest BCUT2D eigenvalue weighted by Crippen LogP contribution is 2.35. The Bertz CT molecular complexity index is 904. The SMILES string of the molecule is CCOC(=O)COc1cc([N+](=O)[O-])c(NCC(=O)OC(C)(C)C)cc1-n1ccnc1. The van der Waals surface area contributed by atoms with Gasteiger partial charge in [0.05, 0.1) is 29.6 Å². The molecule has 162 valence electrons. The molecule has 1 aromatic heterocycles. The molecule has 1 aromatic carbocycles. The van der Waals surface area contributed by atoms with Crippen LogP contribution >= 0.6 is 0 Å². The predicted octanol–water partition coefficient (Wildman–Crippen LogP) is 2.48. The van der Waals surface area contributed by atoms with E-state index in [1.807, 2.05) is 0 Å². The summed E-state index contributed by atoms with van der Waals surface area (Å²) in [5.41, 5.74) is -0.550. The zero-order valence-electron chi connectivity index (χ0n) is 17.2. The number of anilines is 1. The molecule has 2 aromatic rings. The third-order valence-electron chi connectivity index (χ3n) is 3.55. The third kappa shape index (κ3) is 6.47. The number of ether oxygens (including phenoxy) is 3. The summed E-state index contributed by atoms with van der Waals surface area (Å²) >= 11 is 0. The lowest BCUT2D eigenvalue weighted by molar-refractivity contribution is -0.384. The standard InChI is InChI=1S/C19H24N4O7/c1-5-28-18(25)11-29-16-9-14(23(26)27)13(8-15(16)22-7-6-20-12-22)21-10-17(24)30-19(2,3)4/h6-9,12,21H,5,10-11H2,1-4H3. The molecule has 0 saturated carbocycles. The number of hydrogen-bond donors (Lipinski definition) is 1. The molecule has 0 amide bonds. The number of carbonyl (C=O) groups is 2. The van der Waals surface area contributed by atoms with Crippen LogP contribution in [0.25, 0.3) is 5.69 Å². The van der Waals surface area contributed by atoms with Crippen LogP contribution in [0, 0.1) is 10.1 Å². The maximum Gasteiger partial charge on any atom is 0.344 e. The van der Waals surface area contributed by atoms with Gasteiger partial charge in [0, 0.05) is 12.4 Å². The number of imidazole rings is 1. The molecule has 2 rings (SSSR count). The van der Waals surface area contributed by atoms with Crippen molar-refractivity contribution >= 4 is 23.3 Å². The van der Waals surface area contributed by atoms with Gasteiger partial charge in [-0.2, -0.15) is 0 Å². The first-order valence-corrected chi connectivity index (χ1v) is 9.15. The number of hydrogen-bond acceptors (Lipinski definition) is 9. The van der Waals surface area contributed by atoms with E-state index >= 15 is 0 Å². The molecule has 11 nitrogen and oxygen atoms in total. The minimum Gasteiger partial charge on any atom is -0.479 e. The van der Waals surface area contributed by atoms with Crippen LogP contribution in [0.2, 0.25) is 0 Å². The van der Waals surface area contributed by atoms with Crippen molar-refractivity contribution in [2.45, 2.75) is 33.3 Å². The lowest BCUT2D eigenvalue weighted by Crippen LogP contribution is -2.28. The molecule has 0 aliphatic carbocycles. The molecule has 0 aliphatic heterocycles. The van der Waals surface area contributed by atoms with Crippen LogP contribution < -0.4 is 10.1 Å². The summed E-state index contributed by atoms with van der Waals surface area (Å²) in [6.45, 7) is 6.32. The largest absolute Gasteiger partial charge is 0.479 e. The van der Waals surface area contributed by atoms with Crippen molar-refractivity contribution in [1.82, 2.24) is 9.55 Å². The summed E-state index contributed by atoms with van der Waals surface area (Å²) in [5, 5.41) is 14.3. The Morgan fingerprint density at radius 1 is 1.27 bits per heavy atom. The lowest BCUT2D eigenvalue weighted by Gasteiger charge is -2.20. The highest BCUT2D eigenvalue weighted by molar-refractivity contribution is 5.79. The number of benzene rings is 1. The maximum atomic E-state index is 12.0. The van der Waals surface area contributed by atoms with Gasteiger partial charge in [-0.3, -0.25) is 14.9 Å². The topological polar surface area (TPSA) is 135 Å². The van der Waals surface area contributed by atoms with E-state index in [0.717, 1.165) is 0 Å². The zero-order valence-corrected chi connectivity index (χ0v) is 17.2. The van der Waals surface area contributed by atoms with Crippen molar-refractivity contribution in [3.05, 3.63) is 41.0 Å². The highest BCUT2D eigenvalue weighted by Gasteiger charge is 2.23. The Morgan fingerprint density at radius 3 is 2.57 bits per heavy atom. The fraction of sp³-hybridized carbons (Fsp3) is 0.421. The van der Waals surface area contributed by atoms with E-state index in [1.165, 1.54) is 24.7 Å². The minimum atomic E-state index is -0.683. The van der Waals surface area contributed by atoms with Crippen molar-refractivity contribution in [3.8, 4) is 11.4 Å². The average molecular weight is 420 g/mol. The van der Waals surface area contributed by atoms with Crippen LogP contribution in [0.1, 0.15) is 27.7 Å². The molecule has 11 heteroatoms. The quantitative estimate of drug-likeness (QED) is 0.369. The van der Waals surface area contributed by atoms with E-state index in [1.54, 1.807) is 38.5 Å². The van der Waals surface area contributed by atoms with Crippen molar-refractivity contribution in [2.24, 2.45) is 0 Å². The van der Waals surface area contributed by atoms with Gasteiger partial charge in [-0.15, -0.1) is 0 Å². The third-order valence-corrected chi connectivity index (χ3v) is 3.55. The number of nitro groups is 1. The molecule has 0 bridgehead atoms. The number of nitrogens with one attached hydrogen (secondary N) is 1. The lowest BCUT2D eigenvalue weighted by atomic mass is 10.2. The Kier molecular flexibility index (Phi) is 7.34. The van der Waals surface area contributed by atoms with E-state index in [0.29, 0.717) is 5.69 Å². The fourth-order valence-electron chi connectivity index (χ4n) is 2.45. The van der Waals surface area contributed by atoms with E-state index in [4.69, 9.17) is 14.2 Å². The van der Waals surface area contributed by atoms with Crippen molar-refractivity contribution < 1.29 is 28.7 Å². The van der Waals surface area contributed by atoms with E-state index in [-0.39, 0.29) is 30.3 Å². The van der Waals surface area contributed by atoms with Gasteiger partial charge in [-0.1, -0.05) is 0 Å². The first kappa shape index (κ1) is 22.7. The molecule has 0 unspecified atom stereocenters. The van der Waals surface area contributed by atoms with Gasteiger partial charge in [0.2, 0.25) is 0 Å². The Morgan fingerprint density at radius 2 is 2.00 bits per heavy atom. The normalized spacial score (nSPS) is 10.9. The molecular weight excluding hydrogens is 396 g/mol. The monoisotopic (exact) mass is 420 g/mol. The van der Waals surface area contributed by atoms with E-state index in [9.17, 15) is 19.7 Å². The van der Waals surface area contributed by atoms with Gasteiger partial charge < -0.3 is 24.1 Å². The molecule has 30 heavy (non-hydrogen) atoms. The Labute approximate surface area is 173 Å². The van der Waals surface area contributed by atoms with Gasteiger partial charge in [0.15, 0.2) is 12.4 Å². The Hall–Kier alpha value is -3.63. The number of carbonyl (C=O) groups excluding carboxylic acids is 2. The molecule has 0 atom stereocenters.